The second-order valence-electron chi connectivity index (χ2n) is 13.8. The van der Waals surface area contributed by atoms with Crippen LogP contribution in [-0.2, 0) is 25.6 Å². The number of esters is 1. The van der Waals surface area contributed by atoms with Gasteiger partial charge < -0.3 is 30.3 Å². The second kappa shape index (κ2) is 16.7. The third kappa shape index (κ3) is 8.73. The minimum atomic E-state index is -1.06. The molecule has 1 aliphatic heterocycles. The number of aromatic nitrogens is 5. The number of piperidine rings is 1. The molecule has 0 radical (unpaired) electrons. The summed E-state index contributed by atoms with van der Waals surface area (Å²) in [6.45, 7) is 12.3. The highest BCUT2D eigenvalue weighted by molar-refractivity contribution is 6.04. The Kier molecular flexibility index (Phi) is 11.6. The molecule has 2 aromatic carbocycles. The van der Waals surface area contributed by atoms with Crippen molar-refractivity contribution < 1.29 is 28.2 Å². The van der Waals surface area contributed by atoms with Crippen molar-refractivity contribution in [2.45, 2.75) is 53.0 Å². The fourth-order valence-electron chi connectivity index (χ4n) is 6.20. The molecule has 1 fully saturated rings. The molecule has 6 rings (SSSR count). The lowest BCUT2D eigenvalue weighted by Crippen LogP contribution is -2.40. The summed E-state index contributed by atoms with van der Waals surface area (Å²) in [5.74, 6) is -1.23. The first-order chi connectivity index (χ1) is 26.0. The van der Waals surface area contributed by atoms with E-state index in [9.17, 15) is 18.8 Å². The predicted octanol–water partition coefficient (Wildman–Crippen LogP) is 6.91. The average molecular weight is 738 g/mol. The summed E-state index contributed by atoms with van der Waals surface area (Å²) in [5, 5.41) is 15.7. The predicted molar refractivity (Wildman–Crippen MR) is 203 cm³/mol. The number of carbonyl (C=O) groups is 3. The summed E-state index contributed by atoms with van der Waals surface area (Å²) in [4.78, 5) is 52.0. The Morgan fingerprint density at radius 3 is 2.52 bits per heavy atom. The van der Waals surface area contributed by atoms with Gasteiger partial charge in [0.25, 0.3) is 5.91 Å². The van der Waals surface area contributed by atoms with Crippen molar-refractivity contribution in [3.05, 3.63) is 84.5 Å². The lowest BCUT2D eigenvalue weighted by Gasteiger charge is -2.31. The molecule has 3 aromatic heterocycles. The molecule has 0 saturated carbocycles. The average Bonchev–Trinajstić information content (AvgIpc) is 3.60. The van der Waals surface area contributed by atoms with Crippen LogP contribution in [0.25, 0.3) is 27.7 Å². The highest BCUT2D eigenvalue weighted by Crippen LogP contribution is 2.32. The SMILES string of the molecule is C=C(F)C(=O)Nc1ccc2c(-c3ccccc3CNc3nc(NCC4CCN(C(=O)OCOC(=O)C(C)C)CC4)nc4c(C(C)C)cnn34)nccc2c1. The molecule has 4 heterocycles. The van der Waals surface area contributed by atoms with E-state index in [1.54, 1.807) is 41.6 Å². The molecule has 1 aliphatic rings. The van der Waals surface area contributed by atoms with Crippen molar-refractivity contribution in [3.8, 4) is 11.3 Å². The molecule has 2 amide bonds. The van der Waals surface area contributed by atoms with Gasteiger partial charge in [0.05, 0.1) is 17.8 Å². The van der Waals surface area contributed by atoms with E-state index < -0.39 is 30.6 Å². The van der Waals surface area contributed by atoms with Gasteiger partial charge in [-0.3, -0.25) is 14.6 Å². The highest BCUT2D eigenvalue weighted by Gasteiger charge is 2.25. The number of nitrogens with one attached hydrogen (secondary N) is 3. The van der Waals surface area contributed by atoms with Gasteiger partial charge in [-0.05, 0) is 53.8 Å². The number of fused-ring (bicyclic) bond motifs is 2. The summed E-state index contributed by atoms with van der Waals surface area (Å²) >= 11 is 0. The number of nitrogens with zero attached hydrogens (tertiary/aromatic N) is 6. The number of rotatable bonds is 13. The Hall–Kier alpha value is -6.12. The fraction of sp³-hybridized carbons (Fsp3) is 0.359. The number of anilines is 3. The summed E-state index contributed by atoms with van der Waals surface area (Å²) < 4.78 is 25.1. The molecule has 0 unspecified atom stereocenters. The standard InChI is InChI=1S/C39H44FN9O5/c1-23(2)32-21-44-49-34(32)46-37(42-19-26-13-16-48(17-14-26)39(52)54-22-53-36(51)24(3)4)47-38(49)43-20-28-8-6-7-9-30(28)33-31-11-10-29(45-35(50)25(5)40)18-27(31)12-15-41-33/h6-12,15,18,21,23-24,26H,5,13-14,16-17,19-20,22H2,1-4H3,(H,45,50)(H2,42,43,46,47). The Bertz CT molecular complexity index is 2180. The summed E-state index contributed by atoms with van der Waals surface area (Å²) in [6.07, 6.45) is 4.54. The van der Waals surface area contributed by atoms with E-state index in [4.69, 9.17) is 24.4 Å². The van der Waals surface area contributed by atoms with Gasteiger partial charge in [-0.1, -0.05) is 64.6 Å². The van der Waals surface area contributed by atoms with Crippen LogP contribution >= 0.6 is 0 Å². The van der Waals surface area contributed by atoms with Crippen LogP contribution in [0, 0.1) is 11.8 Å². The number of ether oxygens (including phenoxy) is 2. The largest absolute Gasteiger partial charge is 0.428 e. The van der Waals surface area contributed by atoms with Crippen LogP contribution in [0.4, 0.5) is 26.8 Å². The van der Waals surface area contributed by atoms with Crippen molar-refractivity contribution >= 4 is 52.0 Å². The molecular weight excluding hydrogens is 693 g/mol. The molecule has 0 bridgehead atoms. The summed E-state index contributed by atoms with van der Waals surface area (Å²) in [7, 11) is 0. The smallest absolute Gasteiger partial charge is 0.412 e. The van der Waals surface area contributed by atoms with Crippen LogP contribution in [0.3, 0.4) is 0 Å². The molecule has 0 aliphatic carbocycles. The van der Waals surface area contributed by atoms with E-state index in [1.165, 1.54) is 0 Å². The van der Waals surface area contributed by atoms with Gasteiger partial charge in [-0.2, -0.15) is 19.6 Å². The van der Waals surface area contributed by atoms with Gasteiger partial charge in [0.15, 0.2) is 11.5 Å². The number of amides is 2. The van der Waals surface area contributed by atoms with E-state index in [1.807, 2.05) is 42.6 Å². The number of likely N-dealkylation sites (tertiary alicyclic amines) is 1. The van der Waals surface area contributed by atoms with Gasteiger partial charge in [0.1, 0.15) is 0 Å². The van der Waals surface area contributed by atoms with Gasteiger partial charge in [-0.15, -0.1) is 0 Å². The molecule has 3 N–H and O–H groups in total. The van der Waals surface area contributed by atoms with Crippen LogP contribution in [0.15, 0.2) is 73.3 Å². The monoisotopic (exact) mass is 737 g/mol. The van der Waals surface area contributed by atoms with Crippen molar-refractivity contribution in [1.82, 2.24) is 29.5 Å². The van der Waals surface area contributed by atoms with Crippen molar-refractivity contribution in [2.24, 2.45) is 11.8 Å². The zero-order valence-corrected chi connectivity index (χ0v) is 30.8. The Labute approximate surface area is 312 Å². The van der Waals surface area contributed by atoms with Crippen molar-refractivity contribution in [3.63, 3.8) is 0 Å². The first-order valence-electron chi connectivity index (χ1n) is 17.9. The van der Waals surface area contributed by atoms with Gasteiger partial charge in [0, 0.05) is 54.6 Å². The van der Waals surface area contributed by atoms with E-state index in [-0.39, 0.29) is 17.8 Å². The number of hydrogen-bond donors (Lipinski definition) is 3. The van der Waals surface area contributed by atoms with Gasteiger partial charge in [-0.25, -0.2) is 9.18 Å². The third-order valence-electron chi connectivity index (χ3n) is 9.27. The van der Waals surface area contributed by atoms with E-state index in [0.717, 1.165) is 46.0 Å². The molecule has 5 aromatic rings. The topological polar surface area (TPSA) is 165 Å². The van der Waals surface area contributed by atoms with Crippen LogP contribution in [0.2, 0.25) is 0 Å². The second-order valence-corrected chi connectivity index (χ2v) is 13.8. The normalized spacial score (nSPS) is 13.4. The third-order valence-corrected chi connectivity index (χ3v) is 9.27. The first-order valence-corrected chi connectivity index (χ1v) is 17.9. The Morgan fingerprint density at radius 1 is 1.00 bits per heavy atom. The summed E-state index contributed by atoms with van der Waals surface area (Å²) in [5.41, 5.74) is 4.75. The number of pyridine rings is 1. The van der Waals surface area contributed by atoms with E-state index in [2.05, 4.69) is 41.5 Å². The lowest BCUT2D eigenvalue weighted by molar-refractivity contribution is -0.156. The van der Waals surface area contributed by atoms with Crippen LogP contribution in [0.5, 0.6) is 0 Å². The highest BCUT2D eigenvalue weighted by atomic mass is 19.1. The zero-order chi connectivity index (χ0) is 38.4. The Balaban J connectivity index is 1.15. The Morgan fingerprint density at radius 2 is 1.78 bits per heavy atom. The van der Waals surface area contributed by atoms with Crippen LogP contribution in [-0.4, -0.2) is 73.9 Å². The maximum Gasteiger partial charge on any atom is 0.412 e. The first kappa shape index (κ1) is 37.6. The maximum absolute atomic E-state index is 13.3. The lowest BCUT2D eigenvalue weighted by atomic mass is 9.97. The van der Waals surface area contributed by atoms with Crippen molar-refractivity contribution in [1.29, 1.82) is 0 Å². The molecule has 14 nitrogen and oxygen atoms in total. The number of carbonyl (C=O) groups excluding carboxylic acids is 3. The molecule has 0 spiro atoms. The number of benzene rings is 2. The fourth-order valence-corrected chi connectivity index (χ4v) is 6.20. The summed E-state index contributed by atoms with van der Waals surface area (Å²) in [6, 6.07) is 15.1. The molecular formula is C39H44FN9O5. The van der Waals surface area contributed by atoms with Gasteiger partial charge in [0.2, 0.25) is 18.7 Å². The molecule has 15 heteroatoms. The molecule has 54 heavy (non-hydrogen) atoms. The van der Waals surface area contributed by atoms with Crippen LogP contribution < -0.4 is 16.0 Å². The molecule has 1 saturated heterocycles. The number of halogens is 1. The van der Waals surface area contributed by atoms with Crippen LogP contribution in [0.1, 0.15) is 57.6 Å². The quantitative estimate of drug-likeness (QED) is 0.0653. The number of hydrogen-bond acceptors (Lipinski definition) is 11. The molecule has 282 valence electrons. The maximum atomic E-state index is 13.3. The van der Waals surface area contributed by atoms with Gasteiger partial charge >= 0.3 is 12.1 Å². The van der Waals surface area contributed by atoms with Crippen molar-refractivity contribution in [2.75, 3.05) is 42.4 Å². The minimum absolute atomic E-state index is 0.180. The van der Waals surface area contributed by atoms with E-state index in [0.29, 0.717) is 49.4 Å². The zero-order valence-electron chi connectivity index (χ0n) is 30.8. The molecule has 0 atom stereocenters. The minimum Gasteiger partial charge on any atom is -0.428 e. The van der Waals surface area contributed by atoms with E-state index >= 15 is 0 Å².